The number of carbonyl (C=O) groups is 2. The lowest BCUT2D eigenvalue weighted by molar-refractivity contribution is -0.138. The topological polar surface area (TPSA) is 158 Å². The van der Waals surface area contributed by atoms with Gasteiger partial charge in [0.15, 0.2) is 23.9 Å². The number of carboxylic acids is 1. The number of hydrogen-bond donors (Lipinski definition) is 4. The predicted molar refractivity (Wildman–Crippen MR) is 182 cm³/mol. The molecule has 0 bridgehead atoms. The smallest absolute Gasteiger partial charge is 0.411 e. The summed E-state index contributed by atoms with van der Waals surface area (Å²) in [5.74, 6) is -1.28. The third-order valence-corrected chi connectivity index (χ3v) is 10.6. The van der Waals surface area contributed by atoms with Gasteiger partial charge >= 0.3 is 12.1 Å². The lowest BCUT2D eigenvalue weighted by Crippen LogP contribution is -2.21. The Hall–Kier alpha value is -4.62. The van der Waals surface area contributed by atoms with Crippen LogP contribution in [0.2, 0.25) is 0 Å². The number of aliphatic carboxylic acids is 1. The summed E-state index contributed by atoms with van der Waals surface area (Å²) in [7, 11) is 3.99. The summed E-state index contributed by atoms with van der Waals surface area (Å²) in [6, 6.07) is 15.9. The zero-order valence-corrected chi connectivity index (χ0v) is 27.3. The molecule has 3 aromatic carbocycles. The van der Waals surface area contributed by atoms with Crippen LogP contribution in [0.3, 0.4) is 0 Å². The highest BCUT2D eigenvalue weighted by atomic mass is 32.2. The van der Waals surface area contributed by atoms with E-state index in [-0.39, 0.29) is 34.8 Å². The number of nitrogens with zero attached hydrogens (tertiary/aromatic N) is 1. The molecule has 1 aliphatic rings. The number of carbonyl (C=O) groups excluding carboxylic acids is 1. The highest BCUT2D eigenvalue weighted by Crippen LogP contribution is 2.36. The van der Waals surface area contributed by atoms with Crippen molar-refractivity contribution in [2.75, 3.05) is 24.3 Å². The molecule has 13 heteroatoms. The van der Waals surface area contributed by atoms with E-state index < -0.39 is 27.9 Å². The Labute approximate surface area is 274 Å². The minimum Gasteiger partial charge on any atom is -0.479 e. The van der Waals surface area contributed by atoms with Crippen LogP contribution in [0.1, 0.15) is 60.9 Å². The number of sulfone groups is 1. The number of aryl methyl sites for hydroxylation is 1. The van der Waals surface area contributed by atoms with Gasteiger partial charge in [-0.15, -0.1) is 0 Å². The molecule has 244 valence electrons. The van der Waals surface area contributed by atoms with Gasteiger partial charge in [0, 0.05) is 35.4 Å². The lowest BCUT2D eigenvalue weighted by atomic mass is 9.91. The van der Waals surface area contributed by atoms with Crippen LogP contribution in [-0.2, 0) is 32.3 Å². The normalized spacial score (nSPS) is 14.5. The van der Waals surface area contributed by atoms with Crippen LogP contribution in [0.15, 0.2) is 76.6 Å². The van der Waals surface area contributed by atoms with Gasteiger partial charge in [-0.05, 0) is 90.3 Å². The van der Waals surface area contributed by atoms with E-state index in [4.69, 9.17) is 12.7 Å². The van der Waals surface area contributed by atoms with Crippen LogP contribution in [0.25, 0.3) is 10.8 Å². The molecule has 0 spiro atoms. The fourth-order valence-corrected chi connectivity index (χ4v) is 7.51. The molecule has 1 aliphatic carbocycles. The van der Waals surface area contributed by atoms with Gasteiger partial charge in [-0.2, -0.15) is 0 Å². The van der Waals surface area contributed by atoms with Gasteiger partial charge in [-0.1, -0.05) is 38.1 Å². The first-order valence-corrected chi connectivity index (χ1v) is 16.9. The van der Waals surface area contributed by atoms with Crippen LogP contribution in [0.5, 0.6) is 0 Å². The number of pyridine rings is 1. The third-order valence-electron chi connectivity index (χ3n) is 8.21. The quantitative estimate of drug-likeness (QED) is 0.143. The van der Waals surface area contributed by atoms with Crippen molar-refractivity contribution in [3.8, 4) is 0 Å². The largest absolute Gasteiger partial charge is 0.479 e. The number of nitrogens with one attached hydrogen (secondary N) is 3. The van der Waals surface area contributed by atoms with Gasteiger partial charge in [0.05, 0.1) is 16.8 Å². The Morgan fingerprint density at radius 1 is 1.06 bits per heavy atom. The summed E-state index contributed by atoms with van der Waals surface area (Å²) < 4.78 is 31.3. The number of aromatic amines is 1. The molecule has 2 radical (unpaired) electrons. The van der Waals surface area contributed by atoms with Crippen molar-refractivity contribution in [2.24, 2.45) is 0 Å². The van der Waals surface area contributed by atoms with Gasteiger partial charge < -0.3 is 25.0 Å². The lowest BCUT2D eigenvalue weighted by Gasteiger charge is -2.21. The summed E-state index contributed by atoms with van der Waals surface area (Å²) in [6.45, 7) is 4.11. The molecular formula is C34H37BN4O7S. The second-order valence-electron chi connectivity index (χ2n) is 11.9. The van der Waals surface area contributed by atoms with Crippen molar-refractivity contribution in [3.05, 3.63) is 99.5 Å². The maximum atomic E-state index is 12.9. The first kappa shape index (κ1) is 33.7. The minimum atomic E-state index is -3.46. The van der Waals surface area contributed by atoms with Crippen LogP contribution < -0.4 is 16.2 Å². The number of fused-ring (bicyclic) bond motifs is 1. The van der Waals surface area contributed by atoms with E-state index in [1.54, 1.807) is 49.6 Å². The standard InChI is InChI=1S/C34H37BN4O7S/c1-4-21-15-23(31(33(41)42)37-26-7-5-22-13-14-36-32(40)29(22)17-26)6-11-28(21)20(2)19-46-34(43)38-25-8-12-30(24(16-25)18-39(3)35)47(44,45)27-9-10-27/h5-8,11-17,20,27,31,37H,4,9-10,18-19H2,1-3H3,(H,36,40)(H,38,43)(H,41,42)/t20-,31?/m0/s1. The summed E-state index contributed by atoms with van der Waals surface area (Å²) >= 11 is 0. The summed E-state index contributed by atoms with van der Waals surface area (Å²) in [4.78, 5) is 41.5. The van der Waals surface area contributed by atoms with Gasteiger partial charge in [0.25, 0.3) is 5.56 Å². The average Bonchev–Trinajstić information content (AvgIpc) is 3.89. The predicted octanol–water partition coefficient (Wildman–Crippen LogP) is 5.13. The summed E-state index contributed by atoms with van der Waals surface area (Å²) in [5, 5.41) is 16.6. The number of benzene rings is 3. The number of aromatic nitrogens is 1. The molecule has 11 nitrogen and oxygen atoms in total. The Morgan fingerprint density at radius 3 is 2.49 bits per heavy atom. The first-order chi connectivity index (χ1) is 22.4. The van der Waals surface area contributed by atoms with E-state index in [1.807, 2.05) is 26.0 Å². The number of anilines is 2. The first-order valence-electron chi connectivity index (χ1n) is 15.4. The Bertz CT molecular complexity index is 1980. The molecule has 5 rings (SSSR count). The second kappa shape index (κ2) is 14.0. The minimum absolute atomic E-state index is 0.0525. The molecule has 0 saturated heterocycles. The van der Waals surface area contributed by atoms with E-state index in [2.05, 4.69) is 15.6 Å². The molecule has 4 N–H and O–H groups in total. The fraction of sp³-hybridized carbons (Fsp3) is 0.324. The van der Waals surface area contributed by atoms with E-state index in [0.29, 0.717) is 47.2 Å². The zero-order valence-electron chi connectivity index (χ0n) is 26.4. The van der Waals surface area contributed by atoms with E-state index in [1.165, 1.54) is 16.9 Å². The van der Waals surface area contributed by atoms with Crippen molar-refractivity contribution >= 4 is 52.0 Å². The van der Waals surface area contributed by atoms with Crippen LogP contribution in [0.4, 0.5) is 16.2 Å². The monoisotopic (exact) mass is 656 g/mol. The molecule has 4 aromatic rings. The van der Waals surface area contributed by atoms with Crippen LogP contribution >= 0.6 is 0 Å². The molecule has 1 unspecified atom stereocenters. The molecule has 47 heavy (non-hydrogen) atoms. The molecule has 1 amide bonds. The van der Waals surface area contributed by atoms with Gasteiger partial charge in [0.1, 0.15) is 0 Å². The summed E-state index contributed by atoms with van der Waals surface area (Å²) in [6.07, 6.45) is 2.76. The van der Waals surface area contributed by atoms with Gasteiger partial charge in [-0.25, -0.2) is 18.0 Å². The van der Waals surface area contributed by atoms with E-state index in [9.17, 15) is 27.9 Å². The SMILES string of the molecule is [B]N(C)Cc1cc(NC(=O)OC[C@H](C)c2ccc(C(Nc3ccc4cc[nH]c(=O)c4c3)C(=O)O)cc2CC)ccc1S(=O)(=O)C1CC1. The molecule has 0 aliphatic heterocycles. The molecule has 1 fully saturated rings. The number of amides is 1. The zero-order chi connectivity index (χ0) is 33.9. The number of hydrogen-bond acceptors (Lipinski definition) is 8. The van der Waals surface area contributed by atoms with Crippen molar-refractivity contribution in [1.82, 2.24) is 9.79 Å². The van der Waals surface area contributed by atoms with Gasteiger partial charge in [-0.3, -0.25) is 10.1 Å². The highest BCUT2D eigenvalue weighted by molar-refractivity contribution is 7.92. The third kappa shape index (κ3) is 7.86. The van der Waals surface area contributed by atoms with E-state index >= 15 is 0 Å². The second-order valence-corrected chi connectivity index (χ2v) is 14.1. The maximum absolute atomic E-state index is 12.9. The van der Waals surface area contributed by atoms with Crippen LogP contribution in [-0.4, -0.2) is 62.3 Å². The van der Waals surface area contributed by atoms with Crippen LogP contribution in [0, 0.1) is 0 Å². The molecule has 2 atom stereocenters. The number of carboxylic acid groups (broad SMARTS) is 1. The van der Waals surface area contributed by atoms with Crippen molar-refractivity contribution in [3.63, 3.8) is 0 Å². The van der Waals surface area contributed by atoms with Crippen molar-refractivity contribution in [1.29, 1.82) is 0 Å². The number of rotatable bonds is 13. The molecular weight excluding hydrogens is 619 g/mol. The van der Waals surface area contributed by atoms with Gasteiger partial charge in [0.2, 0.25) is 0 Å². The molecule has 1 heterocycles. The fourth-order valence-electron chi connectivity index (χ4n) is 5.65. The number of H-pyrrole nitrogens is 1. The van der Waals surface area contributed by atoms with Crippen molar-refractivity contribution in [2.45, 2.75) is 61.8 Å². The van der Waals surface area contributed by atoms with Crippen molar-refractivity contribution < 1.29 is 27.9 Å². The average molecular weight is 657 g/mol. The Balaban J connectivity index is 1.26. The maximum Gasteiger partial charge on any atom is 0.411 e. The Kier molecular flexibility index (Phi) is 10.1. The highest BCUT2D eigenvalue weighted by Gasteiger charge is 2.38. The number of ether oxygens (including phenoxy) is 1. The van der Waals surface area contributed by atoms with E-state index in [0.717, 1.165) is 16.5 Å². The summed E-state index contributed by atoms with van der Waals surface area (Å²) in [5.41, 5.74) is 3.47. The molecule has 1 saturated carbocycles. The molecule has 1 aromatic heterocycles. The Morgan fingerprint density at radius 2 is 1.81 bits per heavy atom.